The van der Waals surface area contributed by atoms with Crippen molar-refractivity contribution in [1.29, 1.82) is 0 Å². The van der Waals surface area contributed by atoms with Crippen LogP contribution in [0.5, 0.6) is 0 Å². The molecule has 0 aliphatic rings. The molecule has 0 amide bonds. The number of benzene rings is 1. The number of halogens is 2. The summed E-state index contributed by atoms with van der Waals surface area (Å²) in [6.45, 7) is 0. The Labute approximate surface area is 127 Å². The average Bonchev–Trinajstić information content (AvgIpc) is 2.93. The second-order valence-electron chi connectivity index (χ2n) is 4.22. The zero-order chi connectivity index (χ0) is 13.4. The van der Waals surface area contributed by atoms with Crippen LogP contribution in [0.3, 0.4) is 0 Å². The fourth-order valence-electron chi connectivity index (χ4n) is 1.91. The van der Waals surface area contributed by atoms with E-state index in [9.17, 15) is 5.11 Å². The molecule has 1 aromatic carbocycles. The van der Waals surface area contributed by atoms with Gasteiger partial charge >= 0.3 is 0 Å². The molecule has 0 radical (unpaired) electrons. The summed E-state index contributed by atoms with van der Waals surface area (Å²) in [5, 5.41) is 12.8. The van der Waals surface area contributed by atoms with Crippen molar-refractivity contribution >= 4 is 43.8 Å². The van der Waals surface area contributed by atoms with E-state index in [1.807, 2.05) is 34.3 Å². The second-order valence-corrected chi connectivity index (χ2v) is 6.35. The predicted molar refractivity (Wildman–Crippen MR) is 80.9 cm³/mol. The quantitative estimate of drug-likeness (QED) is 0.766. The van der Waals surface area contributed by atoms with Gasteiger partial charge in [-0.25, -0.2) is 4.98 Å². The average molecular weight is 358 g/mol. The molecular formula is C13H10BrClN2OS. The lowest BCUT2D eigenvalue weighted by Crippen LogP contribution is -2.02. The fourth-order valence-corrected chi connectivity index (χ4v) is 3.06. The van der Waals surface area contributed by atoms with E-state index in [1.165, 1.54) is 0 Å². The van der Waals surface area contributed by atoms with E-state index in [0.717, 1.165) is 20.7 Å². The Bertz CT molecular complexity index is 696. The normalized spacial score (nSPS) is 13.0. The van der Waals surface area contributed by atoms with Gasteiger partial charge in [-0.3, -0.25) is 4.40 Å². The monoisotopic (exact) mass is 356 g/mol. The predicted octanol–water partition coefficient (Wildman–Crippen LogP) is 4.09. The fraction of sp³-hybridized carbons (Fsp3) is 0.154. The molecule has 2 heterocycles. The first-order chi connectivity index (χ1) is 9.13. The van der Waals surface area contributed by atoms with E-state index in [2.05, 4.69) is 20.9 Å². The summed E-state index contributed by atoms with van der Waals surface area (Å²) in [6.07, 6.45) is 3.77. The van der Waals surface area contributed by atoms with Crippen LogP contribution in [0.4, 0.5) is 0 Å². The lowest BCUT2D eigenvalue weighted by atomic mass is 10.1. The van der Waals surface area contributed by atoms with Crippen molar-refractivity contribution in [1.82, 2.24) is 9.38 Å². The van der Waals surface area contributed by atoms with Crippen molar-refractivity contribution in [3.05, 3.63) is 56.7 Å². The third-order valence-corrected chi connectivity index (χ3v) is 4.88. The first kappa shape index (κ1) is 13.1. The van der Waals surface area contributed by atoms with Crippen LogP contribution in [-0.4, -0.2) is 14.5 Å². The molecular weight excluding hydrogens is 348 g/mol. The maximum Gasteiger partial charge on any atom is 0.193 e. The Hall–Kier alpha value is -0.880. The van der Waals surface area contributed by atoms with Crippen molar-refractivity contribution in [2.45, 2.75) is 12.5 Å². The molecule has 0 aliphatic carbocycles. The smallest absolute Gasteiger partial charge is 0.193 e. The molecule has 3 aromatic rings. The third kappa shape index (κ3) is 2.69. The summed E-state index contributed by atoms with van der Waals surface area (Å²) >= 11 is 10.9. The van der Waals surface area contributed by atoms with Crippen LogP contribution in [0.15, 0.2) is 40.4 Å². The van der Waals surface area contributed by atoms with Crippen LogP contribution in [0.2, 0.25) is 5.02 Å². The highest BCUT2D eigenvalue weighted by Crippen LogP contribution is 2.27. The van der Waals surface area contributed by atoms with Crippen molar-refractivity contribution in [2.75, 3.05) is 0 Å². The summed E-state index contributed by atoms with van der Waals surface area (Å²) in [4.78, 5) is 5.40. The van der Waals surface area contributed by atoms with E-state index in [0.29, 0.717) is 11.4 Å². The number of hydrogen-bond donors (Lipinski definition) is 1. The van der Waals surface area contributed by atoms with Gasteiger partial charge in [0.15, 0.2) is 4.96 Å². The zero-order valence-electron chi connectivity index (χ0n) is 9.75. The maximum atomic E-state index is 10.2. The number of rotatable bonds is 3. The van der Waals surface area contributed by atoms with Crippen molar-refractivity contribution < 1.29 is 5.11 Å². The molecule has 1 atom stereocenters. The first-order valence-electron chi connectivity index (χ1n) is 5.67. The summed E-state index contributed by atoms with van der Waals surface area (Å²) in [5.41, 5.74) is 1.67. The lowest BCUT2D eigenvalue weighted by molar-refractivity contribution is 0.177. The minimum atomic E-state index is -0.602. The Balaban J connectivity index is 1.82. The molecule has 19 heavy (non-hydrogen) atoms. The minimum absolute atomic E-state index is 0.479. The molecule has 2 aromatic heterocycles. The number of hydrogen-bond acceptors (Lipinski definition) is 3. The van der Waals surface area contributed by atoms with Gasteiger partial charge in [-0.2, -0.15) is 0 Å². The number of nitrogens with zero attached hydrogens (tertiary/aromatic N) is 2. The van der Waals surface area contributed by atoms with Gasteiger partial charge in [0.1, 0.15) is 0 Å². The molecule has 1 unspecified atom stereocenters. The van der Waals surface area contributed by atoms with E-state index in [-0.39, 0.29) is 0 Å². The highest BCUT2D eigenvalue weighted by Gasteiger charge is 2.13. The number of fused-ring (bicyclic) bond motifs is 1. The van der Waals surface area contributed by atoms with Crippen LogP contribution in [0.1, 0.15) is 17.4 Å². The zero-order valence-corrected chi connectivity index (χ0v) is 12.9. The standard InChI is InChI=1S/C13H10BrClN2OS/c14-10-2-1-8(5-11(10)15)12(18)6-9-7-17-3-4-19-13(17)16-9/h1-5,7,12,18H,6H2. The molecule has 0 bridgehead atoms. The summed E-state index contributed by atoms with van der Waals surface area (Å²) in [5.74, 6) is 0. The molecule has 98 valence electrons. The Morgan fingerprint density at radius 2 is 2.32 bits per heavy atom. The summed E-state index contributed by atoms with van der Waals surface area (Å²) in [6, 6.07) is 5.47. The first-order valence-corrected chi connectivity index (χ1v) is 7.72. The topological polar surface area (TPSA) is 37.5 Å². The van der Waals surface area contributed by atoms with Gasteiger partial charge in [-0.05, 0) is 33.6 Å². The number of aromatic nitrogens is 2. The van der Waals surface area contributed by atoms with Gasteiger partial charge in [0.05, 0.1) is 16.8 Å². The molecule has 0 saturated heterocycles. The molecule has 3 nitrogen and oxygen atoms in total. The van der Waals surface area contributed by atoms with Gasteiger partial charge in [0, 0.05) is 28.7 Å². The second kappa shape index (κ2) is 5.25. The third-order valence-electron chi connectivity index (χ3n) is 2.87. The van der Waals surface area contributed by atoms with E-state index >= 15 is 0 Å². The van der Waals surface area contributed by atoms with Gasteiger partial charge in [0.25, 0.3) is 0 Å². The van der Waals surface area contributed by atoms with Crippen LogP contribution >= 0.6 is 38.9 Å². The Morgan fingerprint density at radius 3 is 3.05 bits per heavy atom. The number of imidazole rings is 1. The highest BCUT2D eigenvalue weighted by atomic mass is 79.9. The van der Waals surface area contributed by atoms with E-state index in [4.69, 9.17) is 11.6 Å². The number of aliphatic hydroxyl groups excluding tert-OH is 1. The van der Waals surface area contributed by atoms with E-state index in [1.54, 1.807) is 17.4 Å². The molecule has 0 saturated carbocycles. The molecule has 1 N–H and O–H groups in total. The molecule has 0 spiro atoms. The van der Waals surface area contributed by atoms with Gasteiger partial charge in [-0.1, -0.05) is 17.7 Å². The Kier molecular flexibility index (Phi) is 3.62. The number of aliphatic hydroxyl groups is 1. The molecule has 3 rings (SSSR count). The lowest BCUT2D eigenvalue weighted by Gasteiger charge is -2.10. The maximum absolute atomic E-state index is 10.2. The van der Waals surface area contributed by atoms with Gasteiger partial charge < -0.3 is 5.11 Å². The van der Waals surface area contributed by atoms with Crippen LogP contribution in [0.25, 0.3) is 4.96 Å². The Morgan fingerprint density at radius 1 is 1.47 bits per heavy atom. The van der Waals surface area contributed by atoms with Gasteiger partial charge in [0.2, 0.25) is 0 Å². The molecule has 6 heteroatoms. The highest BCUT2D eigenvalue weighted by molar-refractivity contribution is 9.10. The summed E-state index contributed by atoms with van der Waals surface area (Å²) in [7, 11) is 0. The SMILES string of the molecule is OC(Cc1cn2ccsc2n1)c1ccc(Br)c(Cl)c1. The van der Waals surface area contributed by atoms with Crippen LogP contribution in [-0.2, 0) is 6.42 Å². The van der Waals surface area contributed by atoms with Crippen LogP contribution < -0.4 is 0 Å². The molecule has 0 aliphatic heterocycles. The van der Waals surface area contributed by atoms with Crippen molar-refractivity contribution in [3.63, 3.8) is 0 Å². The summed E-state index contributed by atoms with van der Waals surface area (Å²) < 4.78 is 2.79. The van der Waals surface area contributed by atoms with Gasteiger partial charge in [-0.15, -0.1) is 11.3 Å². The largest absolute Gasteiger partial charge is 0.388 e. The van der Waals surface area contributed by atoms with Crippen molar-refractivity contribution in [3.8, 4) is 0 Å². The molecule has 0 fully saturated rings. The van der Waals surface area contributed by atoms with Crippen molar-refractivity contribution in [2.24, 2.45) is 0 Å². The minimum Gasteiger partial charge on any atom is -0.388 e. The number of thiazole rings is 1. The van der Waals surface area contributed by atoms with E-state index < -0.39 is 6.10 Å². The van der Waals surface area contributed by atoms with Crippen LogP contribution in [0, 0.1) is 0 Å².